The molecule has 0 radical (unpaired) electrons. The number of carbonyl (C=O) groups is 3. The molecular weight excluding hydrogens is 248 g/mol. The van der Waals surface area contributed by atoms with E-state index in [4.69, 9.17) is 5.11 Å². The Kier molecular flexibility index (Phi) is 2.51. The van der Waals surface area contributed by atoms with E-state index in [-0.39, 0.29) is 0 Å². The van der Waals surface area contributed by atoms with Crippen LogP contribution in [0.5, 0.6) is 0 Å². The number of benzene rings is 1. The van der Waals surface area contributed by atoms with Crippen molar-refractivity contribution in [3.8, 4) is 0 Å². The fourth-order valence-electron chi connectivity index (χ4n) is 2.65. The third-order valence-corrected chi connectivity index (χ3v) is 3.57. The van der Waals surface area contributed by atoms with Crippen molar-refractivity contribution in [2.75, 3.05) is 6.54 Å². The smallest absolute Gasteiger partial charge is 0.328 e. The summed E-state index contributed by atoms with van der Waals surface area (Å²) in [6, 6.07) is 6.57. The van der Waals surface area contributed by atoms with Crippen molar-refractivity contribution in [2.24, 2.45) is 0 Å². The van der Waals surface area contributed by atoms with E-state index in [1.165, 1.54) is 4.90 Å². The van der Waals surface area contributed by atoms with Gasteiger partial charge in [0.15, 0.2) is 0 Å². The molecule has 0 aromatic heterocycles. The number of hydrogen-bond donors (Lipinski definition) is 1. The summed E-state index contributed by atoms with van der Waals surface area (Å²) in [6.07, 6.45) is 0.455. The zero-order chi connectivity index (χ0) is 13.6. The standard InChI is InChI=1S/C13H12N2O4/c16-11(17)7-15-12(18)10-5-8-3-1-2-4-9(8)6-14(10)13(15)19/h1-4,10H,5-7H2,(H,16,17)/t10-/m0/s1. The van der Waals surface area contributed by atoms with Crippen LogP contribution in [0.15, 0.2) is 24.3 Å². The van der Waals surface area contributed by atoms with Crippen molar-refractivity contribution in [3.05, 3.63) is 35.4 Å². The van der Waals surface area contributed by atoms with Gasteiger partial charge in [0.2, 0.25) is 0 Å². The molecule has 1 atom stereocenters. The topological polar surface area (TPSA) is 77.9 Å². The van der Waals surface area contributed by atoms with Crippen molar-refractivity contribution >= 4 is 17.9 Å². The summed E-state index contributed by atoms with van der Waals surface area (Å²) < 4.78 is 0. The van der Waals surface area contributed by atoms with Crippen LogP contribution in [0.2, 0.25) is 0 Å². The summed E-state index contributed by atoms with van der Waals surface area (Å²) in [6.45, 7) is -0.206. The molecule has 1 N–H and O–H groups in total. The van der Waals surface area contributed by atoms with E-state index in [0.717, 1.165) is 16.0 Å². The molecule has 2 aliphatic heterocycles. The number of fused-ring (bicyclic) bond motifs is 2. The maximum absolute atomic E-state index is 12.1. The summed E-state index contributed by atoms with van der Waals surface area (Å²) in [4.78, 5) is 37.1. The lowest BCUT2D eigenvalue weighted by Gasteiger charge is -2.28. The third-order valence-electron chi connectivity index (χ3n) is 3.57. The van der Waals surface area contributed by atoms with Gasteiger partial charge < -0.3 is 10.0 Å². The van der Waals surface area contributed by atoms with E-state index in [0.29, 0.717) is 13.0 Å². The summed E-state index contributed by atoms with van der Waals surface area (Å²) >= 11 is 0. The maximum atomic E-state index is 12.1. The lowest BCUT2D eigenvalue weighted by atomic mass is 9.95. The first-order valence-corrected chi connectivity index (χ1v) is 5.98. The molecular formula is C13H12N2O4. The molecule has 98 valence electrons. The summed E-state index contributed by atoms with van der Waals surface area (Å²) in [5.41, 5.74) is 2.05. The van der Waals surface area contributed by atoms with Gasteiger partial charge in [0.1, 0.15) is 12.6 Å². The quantitative estimate of drug-likeness (QED) is 0.784. The van der Waals surface area contributed by atoms with Crippen LogP contribution in [0.4, 0.5) is 4.79 Å². The number of carboxylic acid groups (broad SMARTS) is 1. The van der Waals surface area contributed by atoms with Crippen molar-refractivity contribution < 1.29 is 19.5 Å². The van der Waals surface area contributed by atoms with Gasteiger partial charge in [-0.15, -0.1) is 0 Å². The van der Waals surface area contributed by atoms with Crippen LogP contribution >= 0.6 is 0 Å². The van der Waals surface area contributed by atoms with Crippen LogP contribution < -0.4 is 0 Å². The Hall–Kier alpha value is -2.37. The maximum Gasteiger partial charge on any atom is 0.328 e. The molecule has 3 amide bonds. The minimum atomic E-state index is -1.18. The van der Waals surface area contributed by atoms with Gasteiger partial charge in [0, 0.05) is 13.0 Å². The van der Waals surface area contributed by atoms with E-state index < -0.39 is 30.5 Å². The van der Waals surface area contributed by atoms with Gasteiger partial charge in [-0.3, -0.25) is 14.5 Å². The second-order valence-electron chi connectivity index (χ2n) is 4.72. The molecule has 0 aliphatic carbocycles. The van der Waals surface area contributed by atoms with Gasteiger partial charge in [-0.25, -0.2) is 4.79 Å². The minimum absolute atomic E-state index is 0.363. The van der Waals surface area contributed by atoms with E-state index >= 15 is 0 Å². The fraction of sp³-hybridized carbons (Fsp3) is 0.308. The first-order chi connectivity index (χ1) is 9.08. The molecule has 6 heteroatoms. The lowest BCUT2D eigenvalue weighted by molar-refractivity contribution is -0.141. The molecule has 19 heavy (non-hydrogen) atoms. The molecule has 0 bridgehead atoms. The molecule has 1 aromatic rings. The van der Waals surface area contributed by atoms with Crippen LogP contribution in [-0.4, -0.2) is 45.4 Å². The van der Waals surface area contributed by atoms with Gasteiger partial charge in [0.05, 0.1) is 0 Å². The number of imide groups is 1. The summed E-state index contributed by atoms with van der Waals surface area (Å²) in [5, 5.41) is 8.75. The number of carboxylic acids is 1. The van der Waals surface area contributed by atoms with Crippen molar-refractivity contribution in [1.29, 1.82) is 0 Å². The van der Waals surface area contributed by atoms with E-state index in [1.807, 2.05) is 24.3 Å². The number of aliphatic carboxylic acids is 1. The Morgan fingerprint density at radius 1 is 1.26 bits per heavy atom. The summed E-state index contributed by atoms with van der Waals surface area (Å²) in [5.74, 6) is -1.60. The van der Waals surface area contributed by atoms with Gasteiger partial charge >= 0.3 is 12.0 Å². The predicted octanol–water partition coefficient (Wildman–Crippen LogP) is 0.460. The van der Waals surface area contributed by atoms with Crippen molar-refractivity contribution in [2.45, 2.75) is 19.0 Å². The molecule has 2 aliphatic rings. The highest BCUT2D eigenvalue weighted by Gasteiger charge is 2.47. The lowest BCUT2D eigenvalue weighted by Crippen LogP contribution is -2.40. The Balaban J connectivity index is 1.92. The fourth-order valence-corrected chi connectivity index (χ4v) is 2.65. The van der Waals surface area contributed by atoms with Crippen LogP contribution in [-0.2, 0) is 22.6 Å². The first-order valence-electron chi connectivity index (χ1n) is 5.98. The number of hydrogen-bond acceptors (Lipinski definition) is 3. The number of nitrogens with zero attached hydrogens (tertiary/aromatic N) is 2. The van der Waals surface area contributed by atoms with E-state index in [2.05, 4.69) is 0 Å². The van der Waals surface area contributed by atoms with E-state index in [1.54, 1.807) is 0 Å². The molecule has 1 aromatic carbocycles. The molecule has 1 fully saturated rings. The monoisotopic (exact) mass is 260 g/mol. The average molecular weight is 260 g/mol. The Labute approximate surface area is 109 Å². The van der Waals surface area contributed by atoms with Crippen molar-refractivity contribution in [3.63, 3.8) is 0 Å². The highest BCUT2D eigenvalue weighted by atomic mass is 16.4. The first kappa shape index (κ1) is 11.7. The van der Waals surface area contributed by atoms with Crippen LogP contribution in [0.25, 0.3) is 0 Å². The van der Waals surface area contributed by atoms with Crippen LogP contribution in [0, 0.1) is 0 Å². The average Bonchev–Trinajstić information content (AvgIpc) is 2.61. The Morgan fingerprint density at radius 3 is 2.63 bits per heavy atom. The highest BCUT2D eigenvalue weighted by molar-refractivity contribution is 6.06. The summed E-state index contributed by atoms with van der Waals surface area (Å²) in [7, 11) is 0. The zero-order valence-electron chi connectivity index (χ0n) is 10.1. The molecule has 3 rings (SSSR count). The number of carbonyl (C=O) groups excluding carboxylic acids is 2. The molecule has 0 saturated carbocycles. The predicted molar refractivity (Wildman–Crippen MR) is 64.2 cm³/mol. The van der Waals surface area contributed by atoms with Gasteiger partial charge in [-0.2, -0.15) is 0 Å². The second kappa shape index (κ2) is 4.08. The third kappa shape index (κ3) is 1.76. The van der Waals surface area contributed by atoms with Gasteiger partial charge in [0.25, 0.3) is 5.91 Å². The minimum Gasteiger partial charge on any atom is -0.480 e. The molecule has 6 nitrogen and oxygen atoms in total. The molecule has 0 unspecified atom stereocenters. The van der Waals surface area contributed by atoms with Gasteiger partial charge in [-0.05, 0) is 11.1 Å². The number of amides is 3. The largest absolute Gasteiger partial charge is 0.480 e. The normalized spacial score (nSPS) is 21.4. The van der Waals surface area contributed by atoms with Crippen LogP contribution in [0.3, 0.4) is 0 Å². The zero-order valence-corrected chi connectivity index (χ0v) is 10.1. The SMILES string of the molecule is O=C(O)CN1C(=O)[C@@H]2Cc3ccccc3CN2C1=O. The molecule has 0 spiro atoms. The number of urea groups is 1. The molecule has 2 heterocycles. The number of rotatable bonds is 2. The van der Waals surface area contributed by atoms with E-state index in [9.17, 15) is 14.4 Å². The van der Waals surface area contributed by atoms with Crippen LogP contribution in [0.1, 0.15) is 11.1 Å². The van der Waals surface area contributed by atoms with Gasteiger partial charge in [-0.1, -0.05) is 24.3 Å². The second-order valence-corrected chi connectivity index (χ2v) is 4.72. The Morgan fingerprint density at radius 2 is 1.95 bits per heavy atom. The molecule has 1 saturated heterocycles. The Bertz CT molecular complexity index is 541. The van der Waals surface area contributed by atoms with Crippen molar-refractivity contribution in [1.82, 2.24) is 9.80 Å². The highest BCUT2D eigenvalue weighted by Crippen LogP contribution is 2.29.